The molecule has 0 bridgehead atoms. The van der Waals surface area contributed by atoms with E-state index in [2.05, 4.69) is 6.92 Å². The number of hydrogen-bond acceptors (Lipinski definition) is 4. The summed E-state index contributed by atoms with van der Waals surface area (Å²) in [5.74, 6) is -0.0941. The van der Waals surface area contributed by atoms with Gasteiger partial charge < -0.3 is 4.74 Å². The third kappa shape index (κ3) is 4.47. The molecule has 158 valence electrons. The average molecular weight is 472 g/mol. The summed E-state index contributed by atoms with van der Waals surface area (Å²) in [5.41, 5.74) is 1.28. The summed E-state index contributed by atoms with van der Waals surface area (Å²) in [7, 11) is 0. The van der Waals surface area contributed by atoms with Crippen molar-refractivity contribution >= 4 is 68.3 Å². The number of nitrogens with zero attached hydrogens (tertiary/aromatic N) is 1. The molecule has 0 aromatic heterocycles. The molecule has 1 heterocycles. The van der Waals surface area contributed by atoms with Crippen LogP contribution in [0.4, 0.5) is 10.1 Å². The molecule has 0 radical (unpaired) electrons. The number of rotatable bonds is 6. The fourth-order valence-corrected chi connectivity index (χ4v) is 4.78. The van der Waals surface area contributed by atoms with Crippen molar-refractivity contribution in [3.63, 3.8) is 0 Å². The van der Waals surface area contributed by atoms with Gasteiger partial charge in [0.1, 0.15) is 11.6 Å². The minimum absolute atomic E-state index is 0.0591. The van der Waals surface area contributed by atoms with E-state index in [1.807, 2.05) is 42.5 Å². The molecule has 0 aliphatic carbocycles. The SMILES string of the molecule is CCCCOc1ccc2ccccc2c1/C=C1\SC(=S)N(c2ccc(F)c(Cl)c2)C1=O. The highest BCUT2D eigenvalue weighted by Gasteiger charge is 2.34. The topological polar surface area (TPSA) is 29.5 Å². The second kappa shape index (κ2) is 9.39. The maximum Gasteiger partial charge on any atom is 0.270 e. The molecule has 1 aliphatic rings. The largest absolute Gasteiger partial charge is 0.493 e. The number of thioether (sulfide) groups is 1. The lowest BCUT2D eigenvalue weighted by molar-refractivity contribution is -0.113. The van der Waals surface area contributed by atoms with Gasteiger partial charge in [0.05, 0.1) is 22.2 Å². The van der Waals surface area contributed by atoms with Crippen molar-refractivity contribution in [2.24, 2.45) is 0 Å². The summed E-state index contributed by atoms with van der Waals surface area (Å²) in [6.45, 7) is 2.71. The second-order valence-corrected chi connectivity index (χ2v) is 9.10. The Labute approximate surface area is 194 Å². The van der Waals surface area contributed by atoms with Gasteiger partial charge in [-0.15, -0.1) is 0 Å². The predicted molar refractivity (Wildman–Crippen MR) is 131 cm³/mol. The smallest absolute Gasteiger partial charge is 0.270 e. The van der Waals surface area contributed by atoms with Gasteiger partial charge in [0.15, 0.2) is 4.32 Å². The van der Waals surface area contributed by atoms with Crippen LogP contribution in [0.2, 0.25) is 5.02 Å². The first-order chi connectivity index (χ1) is 15.0. The minimum atomic E-state index is -0.545. The molecule has 1 fully saturated rings. The van der Waals surface area contributed by atoms with Gasteiger partial charge in [0.2, 0.25) is 0 Å². The zero-order valence-corrected chi connectivity index (χ0v) is 19.1. The van der Waals surface area contributed by atoms with E-state index in [1.165, 1.54) is 34.9 Å². The number of hydrogen-bond donors (Lipinski definition) is 0. The van der Waals surface area contributed by atoms with E-state index in [0.29, 0.717) is 21.5 Å². The molecule has 0 atom stereocenters. The Balaban J connectivity index is 1.75. The van der Waals surface area contributed by atoms with Crippen LogP contribution in [0.3, 0.4) is 0 Å². The van der Waals surface area contributed by atoms with Gasteiger partial charge in [0.25, 0.3) is 5.91 Å². The van der Waals surface area contributed by atoms with E-state index in [-0.39, 0.29) is 10.9 Å². The summed E-state index contributed by atoms with van der Waals surface area (Å²) in [6, 6.07) is 16.0. The maximum absolute atomic E-state index is 13.6. The van der Waals surface area contributed by atoms with Gasteiger partial charge in [-0.2, -0.15) is 0 Å². The Morgan fingerprint density at radius 1 is 1.19 bits per heavy atom. The first kappa shape index (κ1) is 21.8. The number of carbonyl (C=O) groups is 1. The summed E-state index contributed by atoms with van der Waals surface area (Å²) in [4.78, 5) is 15.0. The third-order valence-electron chi connectivity index (χ3n) is 4.92. The van der Waals surface area contributed by atoms with Crippen LogP contribution in [0.15, 0.2) is 59.5 Å². The van der Waals surface area contributed by atoms with Gasteiger partial charge in [-0.05, 0) is 47.5 Å². The quantitative estimate of drug-likeness (QED) is 0.215. The van der Waals surface area contributed by atoms with Gasteiger partial charge in [0, 0.05) is 5.56 Å². The zero-order chi connectivity index (χ0) is 22.0. The maximum atomic E-state index is 13.6. The lowest BCUT2D eigenvalue weighted by Crippen LogP contribution is -2.27. The fourth-order valence-electron chi connectivity index (χ4n) is 3.32. The van der Waals surface area contributed by atoms with Crippen molar-refractivity contribution in [2.45, 2.75) is 19.8 Å². The second-order valence-electron chi connectivity index (χ2n) is 7.02. The summed E-state index contributed by atoms with van der Waals surface area (Å²) < 4.78 is 20.0. The van der Waals surface area contributed by atoms with E-state index < -0.39 is 5.82 Å². The molecule has 3 aromatic rings. The molecule has 0 saturated carbocycles. The van der Waals surface area contributed by atoms with Crippen LogP contribution in [0.5, 0.6) is 5.75 Å². The van der Waals surface area contributed by atoms with Crippen LogP contribution in [0.1, 0.15) is 25.3 Å². The van der Waals surface area contributed by atoms with E-state index in [0.717, 1.165) is 34.9 Å². The van der Waals surface area contributed by atoms with Crippen molar-refractivity contribution in [3.05, 3.63) is 75.9 Å². The number of carbonyl (C=O) groups excluding carboxylic acids is 1. The zero-order valence-electron chi connectivity index (χ0n) is 16.7. The van der Waals surface area contributed by atoms with Gasteiger partial charge >= 0.3 is 0 Å². The van der Waals surface area contributed by atoms with Gasteiger partial charge in [-0.1, -0.05) is 79.3 Å². The highest BCUT2D eigenvalue weighted by molar-refractivity contribution is 8.27. The first-order valence-corrected chi connectivity index (χ1v) is 11.5. The van der Waals surface area contributed by atoms with Gasteiger partial charge in [-0.25, -0.2) is 4.39 Å². The van der Waals surface area contributed by atoms with Crippen molar-refractivity contribution in [2.75, 3.05) is 11.5 Å². The molecule has 3 nitrogen and oxygen atoms in total. The van der Waals surface area contributed by atoms with Crippen molar-refractivity contribution < 1.29 is 13.9 Å². The van der Waals surface area contributed by atoms with Gasteiger partial charge in [-0.3, -0.25) is 9.69 Å². The van der Waals surface area contributed by atoms with Crippen LogP contribution in [-0.2, 0) is 4.79 Å². The number of anilines is 1. The fraction of sp³-hybridized carbons (Fsp3) is 0.167. The summed E-state index contributed by atoms with van der Waals surface area (Å²) in [6.07, 6.45) is 3.80. The highest BCUT2D eigenvalue weighted by atomic mass is 35.5. The first-order valence-electron chi connectivity index (χ1n) is 9.87. The van der Waals surface area contributed by atoms with E-state index >= 15 is 0 Å². The molecule has 1 amide bonds. The van der Waals surface area contributed by atoms with Crippen LogP contribution in [-0.4, -0.2) is 16.8 Å². The van der Waals surface area contributed by atoms with E-state index in [9.17, 15) is 9.18 Å². The lowest BCUT2D eigenvalue weighted by atomic mass is 10.0. The standard InChI is InChI=1S/C24H19ClFNO2S2/c1-2-3-12-29-21-11-8-15-6-4-5-7-17(15)18(21)14-22-23(28)27(24(30)31-22)16-9-10-20(26)19(25)13-16/h4-11,13-14H,2-3,12H2,1H3/b22-14-. The normalized spacial score (nSPS) is 15.3. The number of halogens is 2. The number of ether oxygens (including phenoxy) is 1. The Bertz CT molecular complexity index is 1210. The molecular formula is C24H19ClFNO2S2. The third-order valence-corrected chi connectivity index (χ3v) is 6.51. The number of fused-ring (bicyclic) bond motifs is 1. The number of unbranched alkanes of at least 4 members (excludes halogenated alkanes) is 1. The van der Waals surface area contributed by atoms with Crippen molar-refractivity contribution in [1.29, 1.82) is 0 Å². The van der Waals surface area contributed by atoms with Crippen LogP contribution < -0.4 is 9.64 Å². The van der Waals surface area contributed by atoms with Crippen LogP contribution >= 0.6 is 35.6 Å². The van der Waals surface area contributed by atoms with E-state index in [1.54, 1.807) is 0 Å². The predicted octanol–water partition coefficient (Wildman–Crippen LogP) is 7.22. The monoisotopic (exact) mass is 471 g/mol. The molecule has 1 aliphatic heterocycles. The number of amides is 1. The molecule has 0 unspecified atom stereocenters. The molecule has 4 rings (SSSR count). The van der Waals surface area contributed by atoms with Crippen LogP contribution in [0, 0.1) is 5.82 Å². The highest BCUT2D eigenvalue weighted by Crippen LogP contribution is 2.39. The molecule has 0 N–H and O–H groups in total. The number of benzene rings is 3. The van der Waals surface area contributed by atoms with Crippen molar-refractivity contribution in [1.82, 2.24) is 0 Å². The summed E-state index contributed by atoms with van der Waals surface area (Å²) in [5, 5.41) is 1.99. The summed E-state index contributed by atoms with van der Waals surface area (Å²) >= 11 is 12.6. The molecule has 1 saturated heterocycles. The molecular weight excluding hydrogens is 453 g/mol. The Morgan fingerprint density at radius 3 is 2.77 bits per heavy atom. The Morgan fingerprint density at radius 2 is 2.00 bits per heavy atom. The van der Waals surface area contributed by atoms with Crippen LogP contribution in [0.25, 0.3) is 16.8 Å². The van der Waals surface area contributed by atoms with Crippen molar-refractivity contribution in [3.8, 4) is 5.75 Å². The molecule has 7 heteroatoms. The molecule has 31 heavy (non-hydrogen) atoms. The average Bonchev–Trinajstić information content (AvgIpc) is 3.04. The number of thiocarbonyl (C=S) groups is 1. The Hall–Kier alpha value is -2.41. The molecule has 0 spiro atoms. The Kier molecular flexibility index (Phi) is 6.60. The lowest BCUT2D eigenvalue weighted by Gasteiger charge is -2.15. The van der Waals surface area contributed by atoms with E-state index in [4.69, 9.17) is 28.6 Å². The molecule has 3 aromatic carbocycles. The minimum Gasteiger partial charge on any atom is -0.493 e.